The molecule has 2 atom stereocenters. The van der Waals surface area contributed by atoms with E-state index in [-0.39, 0.29) is 13.2 Å². The van der Waals surface area contributed by atoms with Crippen molar-refractivity contribution in [1.29, 1.82) is 0 Å². The van der Waals surface area contributed by atoms with Crippen LogP contribution in [0.2, 0.25) is 0 Å². The Bertz CT molecular complexity index is 515. The number of rotatable bonds is 4. The summed E-state index contributed by atoms with van der Waals surface area (Å²) in [4.78, 5) is 23.1. The maximum atomic E-state index is 11.9. The number of nitrogens with zero attached hydrogens (tertiary/aromatic N) is 2. The summed E-state index contributed by atoms with van der Waals surface area (Å²) < 4.78 is 6.84. The van der Waals surface area contributed by atoms with Crippen molar-refractivity contribution >= 4 is 17.7 Å². The molecule has 0 aliphatic carbocycles. The standard InChI is InChI=1S/C12H18N4O4/c1-3-16-5-8(4-13-16)14-11(19)15-9-6-20-7-12(9,2)10(17)18/h4-5,9H,3,6-7H2,1-2H3,(H,17,18)(H2,14,15,19). The van der Waals surface area contributed by atoms with E-state index in [1.807, 2.05) is 6.92 Å². The number of amides is 2. The maximum Gasteiger partial charge on any atom is 0.319 e. The SMILES string of the molecule is CCn1cc(NC(=O)NC2COCC2(C)C(=O)O)cn1. The molecule has 3 N–H and O–H groups in total. The van der Waals surface area contributed by atoms with Crippen molar-refractivity contribution in [2.24, 2.45) is 5.41 Å². The molecular formula is C12H18N4O4. The molecule has 1 aliphatic heterocycles. The van der Waals surface area contributed by atoms with Crippen molar-refractivity contribution < 1.29 is 19.4 Å². The Morgan fingerprint density at radius 2 is 2.40 bits per heavy atom. The van der Waals surface area contributed by atoms with Gasteiger partial charge >= 0.3 is 12.0 Å². The third-order valence-corrected chi connectivity index (χ3v) is 3.46. The van der Waals surface area contributed by atoms with Crippen molar-refractivity contribution in [2.45, 2.75) is 26.4 Å². The summed E-state index contributed by atoms with van der Waals surface area (Å²) >= 11 is 0. The molecule has 110 valence electrons. The summed E-state index contributed by atoms with van der Waals surface area (Å²) in [5.74, 6) is -0.987. The minimum atomic E-state index is -1.11. The van der Waals surface area contributed by atoms with Crippen LogP contribution in [-0.4, -0.2) is 46.1 Å². The fourth-order valence-electron chi connectivity index (χ4n) is 2.01. The van der Waals surface area contributed by atoms with Crippen LogP contribution in [0.1, 0.15) is 13.8 Å². The van der Waals surface area contributed by atoms with E-state index in [2.05, 4.69) is 15.7 Å². The van der Waals surface area contributed by atoms with Gasteiger partial charge in [0.2, 0.25) is 0 Å². The van der Waals surface area contributed by atoms with E-state index in [1.54, 1.807) is 17.8 Å². The predicted octanol–water partition coefficient (Wildman–Crippen LogP) is 0.514. The van der Waals surface area contributed by atoms with Gasteiger partial charge in [-0.3, -0.25) is 9.48 Å². The average molecular weight is 282 g/mol. The number of carbonyl (C=O) groups excluding carboxylic acids is 1. The van der Waals surface area contributed by atoms with Crippen LogP contribution < -0.4 is 10.6 Å². The van der Waals surface area contributed by atoms with Crippen molar-refractivity contribution in [3.63, 3.8) is 0 Å². The number of aryl methyl sites for hydroxylation is 1. The Balaban J connectivity index is 1.96. The summed E-state index contributed by atoms with van der Waals surface area (Å²) in [6.07, 6.45) is 3.23. The zero-order chi connectivity index (χ0) is 14.8. The van der Waals surface area contributed by atoms with Crippen molar-refractivity contribution in [2.75, 3.05) is 18.5 Å². The summed E-state index contributed by atoms with van der Waals surface area (Å²) in [7, 11) is 0. The van der Waals surface area contributed by atoms with E-state index in [9.17, 15) is 14.7 Å². The third kappa shape index (κ3) is 2.74. The molecule has 1 aliphatic rings. The van der Waals surface area contributed by atoms with Gasteiger partial charge in [-0.25, -0.2) is 4.79 Å². The molecule has 20 heavy (non-hydrogen) atoms. The van der Waals surface area contributed by atoms with Crippen molar-refractivity contribution in [3.8, 4) is 0 Å². The smallest absolute Gasteiger partial charge is 0.319 e. The molecule has 1 fully saturated rings. The average Bonchev–Trinajstić information content (AvgIpc) is 2.98. The number of ether oxygens (including phenoxy) is 1. The van der Waals surface area contributed by atoms with Crippen molar-refractivity contribution in [1.82, 2.24) is 15.1 Å². The Labute approximate surface area is 116 Å². The first-order valence-electron chi connectivity index (χ1n) is 6.37. The number of carboxylic acids is 1. The topological polar surface area (TPSA) is 105 Å². The fraction of sp³-hybridized carbons (Fsp3) is 0.583. The second-order valence-corrected chi connectivity index (χ2v) is 4.97. The molecule has 0 spiro atoms. The molecule has 1 aromatic rings. The molecule has 2 rings (SSSR count). The number of hydrogen-bond donors (Lipinski definition) is 3. The normalized spacial score (nSPS) is 25.4. The second-order valence-electron chi connectivity index (χ2n) is 4.97. The number of nitrogens with one attached hydrogen (secondary N) is 2. The quantitative estimate of drug-likeness (QED) is 0.746. The van der Waals surface area contributed by atoms with Gasteiger partial charge in [-0.2, -0.15) is 5.10 Å². The summed E-state index contributed by atoms with van der Waals surface area (Å²) in [5, 5.41) is 18.5. The number of carboxylic acid groups (broad SMARTS) is 1. The number of urea groups is 1. The van der Waals surface area contributed by atoms with E-state index in [4.69, 9.17) is 4.74 Å². The van der Waals surface area contributed by atoms with Crippen LogP contribution in [0.25, 0.3) is 0 Å². The fourth-order valence-corrected chi connectivity index (χ4v) is 2.01. The van der Waals surface area contributed by atoms with Crippen LogP contribution >= 0.6 is 0 Å². The first-order chi connectivity index (χ1) is 9.45. The van der Waals surface area contributed by atoms with E-state index >= 15 is 0 Å². The summed E-state index contributed by atoms with van der Waals surface area (Å²) in [5.41, 5.74) is -0.550. The Morgan fingerprint density at radius 1 is 1.65 bits per heavy atom. The third-order valence-electron chi connectivity index (χ3n) is 3.46. The number of aliphatic carboxylic acids is 1. The molecule has 0 radical (unpaired) electrons. The highest BCUT2D eigenvalue weighted by Gasteiger charge is 2.47. The second kappa shape index (κ2) is 5.49. The lowest BCUT2D eigenvalue weighted by molar-refractivity contribution is -0.148. The van der Waals surface area contributed by atoms with E-state index in [0.29, 0.717) is 12.2 Å². The lowest BCUT2D eigenvalue weighted by atomic mass is 9.85. The van der Waals surface area contributed by atoms with Crippen LogP contribution in [-0.2, 0) is 16.1 Å². The Morgan fingerprint density at radius 3 is 3.00 bits per heavy atom. The number of carbonyl (C=O) groups is 2. The van der Waals surface area contributed by atoms with Gasteiger partial charge in [-0.05, 0) is 13.8 Å². The van der Waals surface area contributed by atoms with E-state index in [1.165, 1.54) is 6.20 Å². The minimum Gasteiger partial charge on any atom is -0.481 e. The lowest BCUT2D eigenvalue weighted by Gasteiger charge is -2.25. The van der Waals surface area contributed by atoms with Gasteiger partial charge in [-0.15, -0.1) is 0 Å². The van der Waals surface area contributed by atoms with Gasteiger partial charge in [0.25, 0.3) is 0 Å². The highest BCUT2D eigenvalue weighted by atomic mass is 16.5. The Hall–Kier alpha value is -2.09. The molecule has 2 unspecified atom stereocenters. The molecule has 1 saturated heterocycles. The maximum absolute atomic E-state index is 11.9. The molecule has 0 saturated carbocycles. The van der Waals surface area contributed by atoms with Crippen LogP contribution in [0.4, 0.5) is 10.5 Å². The number of anilines is 1. The molecule has 2 amide bonds. The van der Waals surface area contributed by atoms with Gasteiger partial charge in [0.15, 0.2) is 0 Å². The van der Waals surface area contributed by atoms with Gasteiger partial charge in [0.05, 0.1) is 31.1 Å². The van der Waals surface area contributed by atoms with Gasteiger partial charge in [0.1, 0.15) is 5.41 Å². The number of hydrogen-bond acceptors (Lipinski definition) is 4. The minimum absolute atomic E-state index is 0.0844. The van der Waals surface area contributed by atoms with Crippen LogP contribution in [0.5, 0.6) is 0 Å². The van der Waals surface area contributed by atoms with Crippen LogP contribution in [0, 0.1) is 5.41 Å². The largest absolute Gasteiger partial charge is 0.481 e. The molecule has 8 heteroatoms. The summed E-state index contributed by atoms with van der Waals surface area (Å²) in [6.45, 7) is 4.47. The van der Waals surface area contributed by atoms with Gasteiger partial charge < -0.3 is 20.5 Å². The molecule has 8 nitrogen and oxygen atoms in total. The molecular weight excluding hydrogens is 264 g/mol. The van der Waals surface area contributed by atoms with E-state index in [0.717, 1.165) is 0 Å². The van der Waals surface area contributed by atoms with Gasteiger partial charge in [0, 0.05) is 12.7 Å². The van der Waals surface area contributed by atoms with Gasteiger partial charge in [-0.1, -0.05) is 0 Å². The monoisotopic (exact) mass is 282 g/mol. The number of aromatic nitrogens is 2. The highest BCUT2D eigenvalue weighted by molar-refractivity contribution is 5.90. The van der Waals surface area contributed by atoms with Crippen LogP contribution in [0.3, 0.4) is 0 Å². The molecule has 1 aromatic heterocycles. The van der Waals surface area contributed by atoms with E-state index < -0.39 is 23.5 Å². The summed E-state index contributed by atoms with van der Waals surface area (Å²) in [6, 6.07) is -1.04. The molecule has 0 aromatic carbocycles. The zero-order valence-electron chi connectivity index (χ0n) is 11.4. The molecule has 2 heterocycles. The molecule has 0 bridgehead atoms. The highest BCUT2D eigenvalue weighted by Crippen LogP contribution is 2.28. The predicted molar refractivity (Wildman–Crippen MR) is 70.4 cm³/mol. The lowest BCUT2D eigenvalue weighted by Crippen LogP contribution is -2.50. The van der Waals surface area contributed by atoms with Crippen LogP contribution in [0.15, 0.2) is 12.4 Å². The first-order valence-corrected chi connectivity index (χ1v) is 6.37. The zero-order valence-corrected chi connectivity index (χ0v) is 11.4. The van der Waals surface area contributed by atoms with Crippen molar-refractivity contribution in [3.05, 3.63) is 12.4 Å². The Kier molecular flexibility index (Phi) is 3.93. The first kappa shape index (κ1) is 14.3.